The van der Waals surface area contributed by atoms with E-state index in [-0.39, 0.29) is 6.10 Å². The first-order chi connectivity index (χ1) is 16.4. The Labute approximate surface area is 201 Å². The molecule has 2 aromatic carbocycles. The van der Waals surface area contributed by atoms with E-state index in [1.165, 1.54) is 12.8 Å². The van der Waals surface area contributed by atoms with Crippen LogP contribution < -0.4 is 14.8 Å². The Morgan fingerprint density at radius 2 is 1.71 bits per heavy atom. The van der Waals surface area contributed by atoms with Gasteiger partial charge in [-0.25, -0.2) is 4.79 Å². The van der Waals surface area contributed by atoms with Gasteiger partial charge in [-0.2, -0.15) is 0 Å². The molecule has 0 bridgehead atoms. The van der Waals surface area contributed by atoms with E-state index >= 15 is 0 Å². The molecule has 2 N–H and O–H groups in total. The highest BCUT2D eigenvalue weighted by molar-refractivity contribution is 5.84. The molecule has 1 aliphatic heterocycles. The molecule has 4 rings (SSSR count). The molecule has 2 fully saturated rings. The summed E-state index contributed by atoms with van der Waals surface area (Å²) in [5.41, 5.74) is 3.82. The maximum absolute atomic E-state index is 12.2. The Bertz CT molecular complexity index is 986. The van der Waals surface area contributed by atoms with Crippen molar-refractivity contribution < 1.29 is 28.8 Å². The average molecular weight is 470 g/mol. The Morgan fingerprint density at radius 3 is 2.29 bits per heavy atom. The number of aryl methyl sites for hydroxylation is 1. The molecule has 34 heavy (non-hydrogen) atoms. The molecule has 7 nitrogen and oxygen atoms in total. The van der Waals surface area contributed by atoms with Gasteiger partial charge in [-0.1, -0.05) is 12.8 Å². The predicted molar refractivity (Wildman–Crippen MR) is 131 cm³/mol. The van der Waals surface area contributed by atoms with Gasteiger partial charge in [0.05, 0.1) is 26.9 Å². The second kappa shape index (κ2) is 10.7. The van der Waals surface area contributed by atoms with Crippen molar-refractivity contribution in [1.29, 1.82) is 0 Å². The normalized spacial score (nSPS) is 18.0. The smallest absolute Gasteiger partial charge is 0.329 e. The molecule has 1 saturated heterocycles. The van der Waals surface area contributed by atoms with Crippen molar-refractivity contribution in [3.63, 3.8) is 0 Å². The summed E-state index contributed by atoms with van der Waals surface area (Å²) in [5.74, 6) is 0.579. The van der Waals surface area contributed by atoms with Crippen LogP contribution in [0.25, 0.3) is 11.1 Å². The molecule has 0 radical (unpaired) electrons. The van der Waals surface area contributed by atoms with Crippen LogP contribution in [0.3, 0.4) is 0 Å². The molecule has 184 valence electrons. The Morgan fingerprint density at radius 1 is 1.06 bits per heavy atom. The highest BCUT2D eigenvalue weighted by atomic mass is 16.5. The second-order valence-corrected chi connectivity index (χ2v) is 9.27. The summed E-state index contributed by atoms with van der Waals surface area (Å²) in [6.07, 6.45) is 5.69. The van der Waals surface area contributed by atoms with Crippen LogP contribution in [0.15, 0.2) is 30.3 Å². The van der Waals surface area contributed by atoms with Gasteiger partial charge in [-0.3, -0.25) is 0 Å². The lowest BCUT2D eigenvalue weighted by Gasteiger charge is -2.35. The highest BCUT2D eigenvalue weighted by Gasteiger charge is 2.40. The molecule has 0 unspecified atom stereocenters. The largest absolute Gasteiger partial charge is 0.497 e. The van der Waals surface area contributed by atoms with Gasteiger partial charge >= 0.3 is 5.97 Å². The number of carbonyl (C=O) groups is 1. The standard InChI is InChI=1S/C27H35NO6/c1-18-12-21(28-27(26(29)30)8-10-33-11-9-27)13-20(17-34-22-6-4-5-7-22)25(18)19-14-23(31-2)16-24(15-19)32-3/h12-16,22,28H,4-11,17H2,1-3H3,(H,29,30). The fraction of sp³-hybridized carbons (Fsp3) is 0.519. The van der Waals surface area contributed by atoms with Crippen molar-refractivity contribution in [2.75, 3.05) is 32.8 Å². The van der Waals surface area contributed by atoms with E-state index in [9.17, 15) is 9.90 Å². The van der Waals surface area contributed by atoms with Gasteiger partial charge in [-0.15, -0.1) is 0 Å². The molecule has 1 saturated carbocycles. The maximum atomic E-state index is 12.2. The van der Waals surface area contributed by atoms with Crippen molar-refractivity contribution in [2.24, 2.45) is 0 Å². The van der Waals surface area contributed by atoms with Crippen molar-refractivity contribution in [1.82, 2.24) is 0 Å². The van der Waals surface area contributed by atoms with Gasteiger partial charge in [-0.05, 0) is 66.3 Å². The first kappa shape index (κ1) is 24.4. The molecule has 0 aromatic heterocycles. The molecule has 2 aliphatic rings. The third-order valence-corrected chi connectivity index (χ3v) is 6.97. The van der Waals surface area contributed by atoms with E-state index in [0.29, 0.717) is 44.2 Å². The van der Waals surface area contributed by atoms with Gasteiger partial charge in [0, 0.05) is 37.8 Å². The maximum Gasteiger partial charge on any atom is 0.329 e. The van der Waals surface area contributed by atoms with Crippen LogP contribution in [0, 0.1) is 6.92 Å². The number of hydrogen-bond acceptors (Lipinski definition) is 6. The molecule has 7 heteroatoms. The molecular weight excluding hydrogens is 434 g/mol. The van der Waals surface area contributed by atoms with Crippen LogP contribution in [0.4, 0.5) is 5.69 Å². The molecule has 1 aliphatic carbocycles. The van der Waals surface area contributed by atoms with Crippen LogP contribution >= 0.6 is 0 Å². The SMILES string of the molecule is COc1cc(OC)cc(-c2c(C)cc(NC3(C(=O)O)CCOCC3)cc2COC2CCCC2)c1. The Kier molecular flexibility index (Phi) is 7.63. The zero-order valence-corrected chi connectivity index (χ0v) is 20.3. The van der Waals surface area contributed by atoms with Gasteiger partial charge in [0.1, 0.15) is 17.0 Å². The summed E-state index contributed by atoms with van der Waals surface area (Å²) >= 11 is 0. The van der Waals surface area contributed by atoms with Crippen molar-refractivity contribution in [3.05, 3.63) is 41.5 Å². The van der Waals surface area contributed by atoms with Crippen molar-refractivity contribution in [2.45, 2.75) is 63.7 Å². The van der Waals surface area contributed by atoms with Gasteiger partial charge in [0.25, 0.3) is 0 Å². The zero-order chi connectivity index (χ0) is 24.1. The summed E-state index contributed by atoms with van der Waals surface area (Å²) in [6.45, 7) is 3.36. The van der Waals surface area contributed by atoms with E-state index in [0.717, 1.165) is 40.8 Å². The lowest BCUT2D eigenvalue weighted by Crippen LogP contribution is -2.50. The summed E-state index contributed by atoms with van der Waals surface area (Å²) in [5, 5.41) is 13.4. The molecule has 2 aromatic rings. The van der Waals surface area contributed by atoms with Crippen LogP contribution in [-0.2, 0) is 20.9 Å². The number of anilines is 1. The first-order valence-electron chi connectivity index (χ1n) is 12.0. The number of carboxylic acids is 1. The quantitative estimate of drug-likeness (QED) is 0.523. The Hall–Kier alpha value is -2.77. The number of hydrogen-bond donors (Lipinski definition) is 2. The van der Waals surface area contributed by atoms with Crippen LogP contribution in [0.2, 0.25) is 0 Å². The highest BCUT2D eigenvalue weighted by Crippen LogP contribution is 2.38. The van der Waals surface area contributed by atoms with E-state index in [1.54, 1.807) is 14.2 Å². The van der Waals surface area contributed by atoms with Crippen LogP contribution in [-0.4, -0.2) is 50.2 Å². The van der Waals surface area contributed by atoms with E-state index in [1.807, 2.05) is 37.3 Å². The van der Waals surface area contributed by atoms with Gasteiger partial charge in [0.2, 0.25) is 0 Å². The number of carboxylic acid groups (broad SMARTS) is 1. The first-order valence-corrected chi connectivity index (χ1v) is 12.0. The average Bonchev–Trinajstić information content (AvgIpc) is 3.36. The van der Waals surface area contributed by atoms with E-state index in [4.69, 9.17) is 18.9 Å². The second-order valence-electron chi connectivity index (χ2n) is 9.27. The minimum atomic E-state index is -1.03. The number of ether oxygens (including phenoxy) is 4. The third-order valence-electron chi connectivity index (χ3n) is 6.97. The monoisotopic (exact) mass is 469 g/mol. The van der Waals surface area contributed by atoms with E-state index in [2.05, 4.69) is 5.32 Å². The van der Waals surface area contributed by atoms with Gasteiger partial charge < -0.3 is 29.4 Å². The lowest BCUT2D eigenvalue weighted by molar-refractivity contribution is -0.145. The molecular formula is C27H35NO6. The van der Waals surface area contributed by atoms with Crippen LogP contribution in [0.1, 0.15) is 49.7 Å². The number of methoxy groups -OCH3 is 2. The molecule has 0 atom stereocenters. The number of nitrogens with one attached hydrogen (secondary N) is 1. The summed E-state index contributed by atoms with van der Waals surface area (Å²) in [6, 6.07) is 9.89. The minimum absolute atomic E-state index is 0.269. The van der Waals surface area contributed by atoms with Gasteiger partial charge in [0.15, 0.2) is 0 Å². The minimum Gasteiger partial charge on any atom is -0.497 e. The van der Waals surface area contributed by atoms with E-state index < -0.39 is 11.5 Å². The predicted octanol–water partition coefficient (Wildman–Crippen LogP) is 5.18. The molecule has 0 spiro atoms. The fourth-order valence-corrected chi connectivity index (χ4v) is 5.06. The number of aliphatic carboxylic acids is 1. The lowest BCUT2D eigenvalue weighted by atomic mass is 9.88. The zero-order valence-electron chi connectivity index (χ0n) is 20.3. The summed E-state index contributed by atoms with van der Waals surface area (Å²) < 4.78 is 22.7. The van der Waals surface area contributed by atoms with Crippen LogP contribution in [0.5, 0.6) is 11.5 Å². The molecule has 1 heterocycles. The summed E-state index contributed by atoms with van der Waals surface area (Å²) in [4.78, 5) is 12.2. The van der Waals surface area contributed by atoms with Crippen molar-refractivity contribution >= 4 is 11.7 Å². The molecule has 0 amide bonds. The Balaban J connectivity index is 1.74. The number of rotatable bonds is 9. The topological polar surface area (TPSA) is 86.3 Å². The number of benzene rings is 2. The third kappa shape index (κ3) is 5.31. The van der Waals surface area contributed by atoms with Crippen molar-refractivity contribution in [3.8, 4) is 22.6 Å². The summed E-state index contributed by atoms with van der Waals surface area (Å²) in [7, 11) is 3.28. The fourth-order valence-electron chi connectivity index (χ4n) is 5.06.